The maximum absolute atomic E-state index is 12.5. The molecule has 4 rings (SSSR count). The minimum Gasteiger partial charge on any atom is -0.506 e. The van der Waals surface area contributed by atoms with E-state index in [4.69, 9.17) is 0 Å². The molecule has 4 aromatic rings. The molecule has 0 aliphatic carbocycles. The highest BCUT2D eigenvalue weighted by Gasteiger charge is 2.18. The van der Waals surface area contributed by atoms with Gasteiger partial charge in [-0.05, 0) is 49.1 Å². The number of rotatable bonds is 6. The first kappa shape index (κ1) is 21.3. The summed E-state index contributed by atoms with van der Waals surface area (Å²) in [4.78, 5) is 23.6. The third kappa shape index (κ3) is 4.57. The van der Waals surface area contributed by atoms with Crippen LogP contribution in [0.1, 0.15) is 22.9 Å². The summed E-state index contributed by atoms with van der Waals surface area (Å²) in [6.45, 7) is 6.15. The van der Waals surface area contributed by atoms with E-state index in [-0.39, 0.29) is 17.4 Å². The van der Waals surface area contributed by atoms with Crippen LogP contribution in [0.25, 0.3) is 21.3 Å². The molecule has 0 radical (unpaired) electrons. The number of thioether (sulfide) groups is 1. The van der Waals surface area contributed by atoms with Gasteiger partial charge >= 0.3 is 0 Å². The van der Waals surface area contributed by atoms with Gasteiger partial charge in [-0.1, -0.05) is 49.0 Å². The maximum atomic E-state index is 12.5. The Morgan fingerprint density at radius 2 is 1.90 bits per heavy atom. The van der Waals surface area contributed by atoms with Crippen molar-refractivity contribution in [2.75, 3.05) is 11.1 Å². The zero-order valence-electron chi connectivity index (χ0n) is 17.6. The van der Waals surface area contributed by atoms with Crippen LogP contribution in [0.4, 0.5) is 5.69 Å². The van der Waals surface area contributed by atoms with Crippen LogP contribution < -0.4 is 5.32 Å². The predicted octanol–water partition coefficient (Wildman–Crippen LogP) is 5.97. The van der Waals surface area contributed by atoms with E-state index in [0.717, 1.165) is 38.4 Å². The lowest BCUT2D eigenvalue weighted by atomic mass is 10.0. The molecule has 0 unspecified atom stereocenters. The summed E-state index contributed by atoms with van der Waals surface area (Å²) < 4.78 is 0. The molecule has 0 spiro atoms. The van der Waals surface area contributed by atoms with Crippen LogP contribution >= 0.6 is 23.1 Å². The molecule has 0 saturated heterocycles. The molecule has 0 saturated carbocycles. The summed E-state index contributed by atoms with van der Waals surface area (Å²) in [5.74, 6) is 0.0425. The van der Waals surface area contributed by atoms with Crippen molar-refractivity contribution in [3.8, 4) is 16.9 Å². The molecule has 2 N–H and O–H groups in total. The number of aromatic hydroxyl groups is 1. The van der Waals surface area contributed by atoms with Crippen molar-refractivity contribution in [3.63, 3.8) is 0 Å². The topological polar surface area (TPSA) is 75.1 Å². The number of hydrogen-bond acceptors (Lipinski definition) is 6. The molecule has 0 atom stereocenters. The van der Waals surface area contributed by atoms with E-state index in [0.29, 0.717) is 5.69 Å². The van der Waals surface area contributed by atoms with Gasteiger partial charge in [0.2, 0.25) is 5.91 Å². The molecule has 7 heteroatoms. The second-order valence-electron chi connectivity index (χ2n) is 7.30. The van der Waals surface area contributed by atoms with Gasteiger partial charge in [0.05, 0.1) is 16.8 Å². The van der Waals surface area contributed by atoms with Crippen molar-refractivity contribution < 1.29 is 9.90 Å². The number of carbonyl (C=O) groups excluding carboxylic acids is 1. The monoisotopic (exact) mass is 449 g/mol. The summed E-state index contributed by atoms with van der Waals surface area (Å²) >= 11 is 3.02. The Bertz CT molecular complexity index is 1250. The van der Waals surface area contributed by atoms with Gasteiger partial charge in [0.25, 0.3) is 0 Å². The third-order valence-electron chi connectivity index (χ3n) is 5.05. The zero-order valence-corrected chi connectivity index (χ0v) is 19.2. The second-order valence-corrected chi connectivity index (χ2v) is 9.47. The quantitative estimate of drug-likeness (QED) is 0.215. The molecular formula is C24H23N3O2S2. The Morgan fingerprint density at radius 3 is 2.65 bits per heavy atom. The standard InChI is InChI=1S/C24H23N3O2S2/c1-4-16-6-8-17(9-7-16)21-15(3)31-24-22(21)23(25-13-26-24)30-12-20(29)27-18-11-14(2)5-10-19(18)28/h5-11,13,28H,4,12H2,1-3H3,(H,27,29). The van der Waals surface area contributed by atoms with Gasteiger partial charge in [0.1, 0.15) is 21.9 Å². The number of amides is 1. The van der Waals surface area contributed by atoms with Crippen LogP contribution in [-0.4, -0.2) is 26.7 Å². The van der Waals surface area contributed by atoms with Gasteiger partial charge in [-0.2, -0.15) is 0 Å². The molecule has 2 heterocycles. The number of phenolic OH excluding ortho intramolecular Hbond substituents is 1. The number of nitrogens with zero attached hydrogens (tertiary/aromatic N) is 2. The van der Waals surface area contributed by atoms with Crippen LogP contribution in [0.3, 0.4) is 0 Å². The highest BCUT2D eigenvalue weighted by atomic mass is 32.2. The van der Waals surface area contributed by atoms with Gasteiger partial charge < -0.3 is 10.4 Å². The molecule has 0 fully saturated rings. The van der Waals surface area contributed by atoms with Crippen molar-refractivity contribution in [2.45, 2.75) is 32.2 Å². The summed E-state index contributed by atoms with van der Waals surface area (Å²) in [6, 6.07) is 13.7. The van der Waals surface area contributed by atoms with E-state index in [1.165, 1.54) is 22.2 Å². The first-order valence-corrected chi connectivity index (χ1v) is 11.8. The molecule has 158 valence electrons. The van der Waals surface area contributed by atoms with Crippen molar-refractivity contribution in [1.29, 1.82) is 0 Å². The fraction of sp³-hybridized carbons (Fsp3) is 0.208. The summed E-state index contributed by atoms with van der Waals surface area (Å²) in [6.07, 6.45) is 2.55. The molecule has 5 nitrogen and oxygen atoms in total. The molecule has 1 amide bonds. The van der Waals surface area contributed by atoms with Crippen molar-refractivity contribution >= 4 is 44.9 Å². The number of benzene rings is 2. The van der Waals surface area contributed by atoms with Crippen molar-refractivity contribution in [1.82, 2.24) is 9.97 Å². The Kier molecular flexibility index (Phi) is 6.25. The van der Waals surface area contributed by atoms with Gasteiger partial charge in [-0.25, -0.2) is 9.97 Å². The van der Waals surface area contributed by atoms with E-state index in [1.807, 2.05) is 6.92 Å². The highest BCUT2D eigenvalue weighted by molar-refractivity contribution is 8.00. The molecular weight excluding hydrogens is 426 g/mol. The Morgan fingerprint density at radius 1 is 1.13 bits per heavy atom. The van der Waals surface area contributed by atoms with Gasteiger partial charge in [-0.3, -0.25) is 4.79 Å². The number of hydrogen-bond donors (Lipinski definition) is 2. The fourth-order valence-electron chi connectivity index (χ4n) is 3.45. The Labute approximate surface area is 189 Å². The van der Waals surface area contributed by atoms with Crippen LogP contribution in [-0.2, 0) is 11.2 Å². The minimum atomic E-state index is -0.196. The molecule has 0 aliphatic rings. The predicted molar refractivity (Wildman–Crippen MR) is 129 cm³/mol. The summed E-state index contributed by atoms with van der Waals surface area (Å²) in [5, 5.41) is 14.5. The number of phenols is 1. The maximum Gasteiger partial charge on any atom is 0.234 e. The Balaban J connectivity index is 1.60. The van der Waals surface area contributed by atoms with Crippen molar-refractivity contribution in [2.24, 2.45) is 0 Å². The summed E-state index contributed by atoms with van der Waals surface area (Å²) in [7, 11) is 0. The van der Waals surface area contributed by atoms with Gasteiger partial charge in [-0.15, -0.1) is 11.3 Å². The number of fused-ring (bicyclic) bond motifs is 1. The van der Waals surface area contributed by atoms with E-state index in [9.17, 15) is 9.90 Å². The van der Waals surface area contributed by atoms with E-state index in [2.05, 4.69) is 53.4 Å². The van der Waals surface area contributed by atoms with Crippen LogP contribution in [0.15, 0.2) is 53.8 Å². The number of anilines is 1. The zero-order chi connectivity index (χ0) is 22.0. The number of nitrogens with one attached hydrogen (secondary N) is 1. The minimum absolute atomic E-state index is 0.0552. The van der Waals surface area contributed by atoms with Gasteiger partial charge in [0, 0.05) is 10.4 Å². The lowest BCUT2D eigenvalue weighted by Crippen LogP contribution is -2.14. The van der Waals surface area contributed by atoms with Crippen LogP contribution in [0.2, 0.25) is 0 Å². The normalized spacial score (nSPS) is 11.1. The van der Waals surface area contributed by atoms with E-state index in [1.54, 1.807) is 35.9 Å². The fourth-order valence-corrected chi connectivity index (χ4v) is 5.33. The largest absolute Gasteiger partial charge is 0.506 e. The molecule has 2 aromatic carbocycles. The molecule has 31 heavy (non-hydrogen) atoms. The van der Waals surface area contributed by atoms with Crippen LogP contribution in [0.5, 0.6) is 5.75 Å². The molecule has 0 aliphatic heterocycles. The summed E-state index contributed by atoms with van der Waals surface area (Å²) in [5.41, 5.74) is 4.93. The smallest absolute Gasteiger partial charge is 0.234 e. The second kappa shape index (κ2) is 9.08. The SMILES string of the molecule is CCc1ccc(-c2c(C)sc3ncnc(SCC(=O)Nc4cc(C)ccc4O)c23)cc1. The third-order valence-corrected chi connectivity index (χ3v) is 7.05. The van der Waals surface area contributed by atoms with Crippen LogP contribution in [0, 0.1) is 13.8 Å². The molecule has 0 bridgehead atoms. The number of aryl methyl sites for hydroxylation is 3. The highest BCUT2D eigenvalue weighted by Crippen LogP contribution is 2.41. The van der Waals surface area contributed by atoms with E-state index < -0.39 is 0 Å². The average molecular weight is 450 g/mol. The van der Waals surface area contributed by atoms with E-state index >= 15 is 0 Å². The lowest BCUT2D eigenvalue weighted by Gasteiger charge is -2.09. The van der Waals surface area contributed by atoms with Gasteiger partial charge in [0.15, 0.2) is 0 Å². The number of carbonyl (C=O) groups is 1. The first-order chi connectivity index (χ1) is 15.0. The number of thiophene rings is 1. The van der Waals surface area contributed by atoms with Crippen molar-refractivity contribution in [3.05, 3.63) is 64.8 Å². The number of aromatic nitrogens is 2. The Hall–Kier alpha value is -2.90. The average Bonchev–Trinajstić information content (AvgIpc) is 3.11. The molecule has 2 aromatic heterocycles. The lowest BCUT2D eigenvalue weighted by molar-refractivity contribution is -0.113. The first-order valence-electron chi connectivity index (χ1n) is 10.0.